The number of halogens is 1. The molecule has 0 aromatic heterocycles. The van der Waals surface area contributed by atoms with Crippen LogP contribution >= 0.6 is 11.6 Å². The number of nitrogens with zero attached hydrogens (tertiary/aromatic N) is 2. The molecule has 4 heteroatoms. The van der Waals surface area contributed by atoms with E-state index in [0.717, 1.165) is 28.9 Å². The van der Waals surface area contributed by atoms with E-state index in [2.05, 4.69) is 31.0 Å². The van der Waals surface area contributed by atoms with Crippen molar-refractivity contribution in [2.24, 2.45) is 21.6 Å². The predicted molar refractivity (Wildman–Crippen MR) is 98.1 cm³/mol. The van der Waals surface area contributed by atoms with Gasteiger partial charge in [0.15, 0.2) is 0 Å². The molecule has 0 radical (unpaired) electrons. The second kappa shape index (κ2) is 6.55. The topological polar surface area (TPSA) is 50.7 Å². The molecule has 0 aliphatic carbocycles. The van der Waals surface area contributed by atoms with Crippen LogP contribution in [-0.4, -0.2) is 17.6 Å². The van der Waals surface area contributed by atoms with Crippen molar-refractivity contribution in [1.82, 2.24) is 0 Å². The number of nitrogens with two attached hydrogens (primary N) is 1. The van der Waals surface area contributed by atoms with E-state index in [9.17, 15) is 0 Å². The zero-order valence-electron chi connectivity index (χ0n) is 13.3. The van der Waals surface area contributed by atoms with Crippen LogP contribution in [0.2, 0.25) is 5.02 Å². The van der Waals surface area contributed by atoms with Crippen molar-refractivity contribution in [3.63, 3.8) is 0 Å². The molecule has 118 valence electrons. The molecule has 2 N–H and O–H groups in total. The summed E-state index contributed by atoms with van der Waals surface area (Å²) in [5.74, 6) is 1.05. The summed E-state index contributed by atoms with van der Waals surface area (Å²) in [5, 5.41) is 0.670. The molecule has 23 heavy (non-hydrogen) atoms. The van der Waals surface area contributed by atoms with Gasteiger partial charge in [-0.1, -0.05) is 55.8 Å². The lowest BCUT2D eigenvalue weighted by Gasteiger charge is -2.15. The largest absolute Gasteiger partial charge is 0.385 e. The molecule has 1 aliphatic rings. The van der Waals surface area contributed by atoms with E-state index in [1.165, 1.54) is 0 Å². The Morgan fingerprint density at radius 1 is 1.13 bits per heavy atom. The normalized spacial score (nSPS) is 17.3. The molecule has 2 aromatic carbocycles. The van der Waals surface area contributed by atoms with E-state index in [0.29, 0.717) is 16.8 Å². The second-order valence-corrected chi connectivity index (χ2v) is 6.62. The van der Waals surface area contributed by atoms with E-state index >= 15 is 0 Å². The van der Waals surface area contributed by atoms with Crippen molar-refractivity contribution in [2.45, 2.75) is 26.3 Å². The summed E-state index contributed by atoms with van der Waals surface area (Å²) in [4.78, 5) is 9.56. The van der Waals surface area contributed by atoms with Gasteiger partial charge in [-0.25, -0.2) is 4.99 Å². The molecule has 1 aliphatic heterocycles. The number of amidine groups is 1. The Balaban J connectivity index is 2.19. The first-order chi connectivity index (χ1) is 11.0. The van der Waals surface area contributed by atoms with Crippen molar-refractivity contribution in [3.05, 3.63) is 64.7 Å². The van der Waals surface area contributed by atoms with Crippen LogP contribution in [0.25, 0.3) is 0 Å². The Morgan fingerprint density at radius 3 is 2.57 bits per heavy atom. The summed E-state index contributed by atoms with van der Waals surface area (Å²) in [5.41, 5.74) is 9.93. The van der Waals surface area contributed by atoms with E-state index in [1.54, 1.807) is 0 Å². The quantitative estimate of drug-likeness (QED) is 0.881. The van der Waals surface area contributed by atoms with Gasteiger partial charge >= 0.3 is 0 Å². The smallest absolute Gasteiger partial charge is 0.125 e. The Bertz CT molecular complexity index is 763. The van der Waals surface area contributed by atoms with Crippen molar-refractivity contribution < 1.29 is 0 Å². The third kappa shape index (κ3) is 3.45. The number of benzene rings is 2. The second-order valence-electron chi connectivity index (χ2n) is 6.19. The molecule has 1 unspecified atom stereocenters. The standard InChI is InChI=1S/C19H20ClN3/c1-12(2)10-17-19(21)23-16-9-8-14(20)11-15(16)18(22-17)13-6-4-3-5-7-13/h3-9,11-12,17H,10H2,1-2H3,(H2,21,23). The highest BCUT2D eigenvalue weighted by molar-refractivity contribution is 6.31. The maximum Gasteiger partial charge on any atom is 0.125 e. The molecule has 2 aromatic rings. The van der Waals surface area contributed by atoms with Gasteiger partial charge in [0.05, 0.1) is 11.4 Å². The summed E-state index contributed by atoms with van der Waals surface area (Å²) in [7, 11) is 0. The summed E-state index contributed by atoms with van der Waals surface area (Å²) in [6, 6.07) is 15.7. The maximum atomic E-state index is 6.23. The molecule has 0 amide bonds. The van der Waals surface area contributed by atoms with Crippen molar-refractivity contribution in [3.8, 4) is 0 Å². The third-order valence-electron chi connectivity index (χ3n) is 3.83. The molecule has 0 spiro atoms. The van der Waals surface area contributed by atoms with E-state index in [1.807, 2.05) is 36.4 Å². The van der Waals surface area contributed by atoms with Gasteiger partial charge in [-0.05, 0) is 30.5 Å². The van der Waals surface area contributed by atoms with Gasteiger partial charge in [0.1, 0.15) is 11.9 Å². The SMILES string of the molecule is CC(C)CC1N=C(c2ccccc2)c2cc(Cl)ccc2N=C1N. The molecular weight excluding hydrogens is 306 g/mol. The molecule has 3 rings (SSSR count). The lowest BCUT2D eigenvalue weighted by molar-refractivity contribution is 0.560. The average molecular weight is 326 g/mol. The molecule has 1 heterocycles. The summed E-state index contributed by atoms with van der Waals surface area (Å²) in [6.45, 7) is 4.33. The molecule has 0 saturated carbocycles. The minimum atomic E-state index is -0.114. The fraction of sp³-hybridized carbons (Fsp3) is 0.263. The molecule has 3 nitrogen and oxygen atoms in total. The number of fused-ring (bicyclic) bond motifs is 1. The van der Waals surface area contributed by atoms with E-state index in [-0.39, 0.29) is 6.04 Å². The first-order valence-corrected chi connectivity index (χ1v) is 8.19. The van der Waals surface area contributed by atoms with Gasteiger partial charge in [0.2, 0.25) is 0 Å². The highest BCUT2D eigenvalue weighted by atomic mass is 35.5. The molecular formula is C19H20ClN3. The Morgan fingerprint density at radius 2 is 1.87 bits per heavy atom. The summed E-state index contributed by atoms with van der Waals surface area (Å²) < 4.78 is 0. The van der Waals surface area contributed by atoms with E-state index < -0.39 is 0 Å². The van der Waals surface area contributed by atoms with E-state index in [4.69, 9.17) is 22.3 Å². The molecule has 0 bridgehead atoms. The van der Waals surface area contributed by atoms with Crippen LogP contribution in [0.1, 0.15) is 31.4 Å². The Kier molecular flexibility index (Phi) is 4.49. The van der Waals surface area contributed by atoms with Crippen molar-refractivity contribution in [1.29, 1.82) is 0 Å². The fourth-order valence-corrected chi connectivity index (χ4v) is 2.92. The van der Waals surface area contributed by atoms with Crippen LogP contribution in [0.5, 0.6) is 0 Å². The van der Waals surface area contributed by atoms with Gasteiger partial charge in [-0.3, -0.25) is 4.99 Å². The van der Waals surface area contributed by atoms with Gasteiger partial charge in [0, 0.05) is 16.1 Å². The minimum Gasteiger partial charge on any atom is -0.385 e. The van der Waals surface area contributed by atoms with Crippen LogP contribution in [0.3, 0.4) is 0 Å². The summed E-state index contributed by atoms with van der Waals surface area (Å²) >= 11 is 6.21. The predicted octanol–water partition coefficient (Wildman–Crippen LogP) is 4.59. The van der Waals surface area contributed by atoms with Gasteiger partial charge in [-0.15, -0.1) is 0 Å². The van der Waals surface area contributed by atoms with Crippen LogP contribution in [-0.2, 0) is 0 Å². The lowest BCUT2D eigenvalue weighted by atomic mass is 9.99. The van der Waals surface area contributed by atoms with Crippen molar-refractivity contribution in [2.75, 3.05) is 0 Å². The molecule has 0 fully saturated rings. The lowest BCUT2D eigenvalue weighted by Crippen LogP contribution is -2.28. The van der Waals surface area contributed by atoms with Crippen LogP contribution < -0.4 is 5.73 Å². The Labute approximate surface area is 141 Å². The first-order valence-electron chi connectivity index (χ1n) is 7.82. The number of hydrogen-bond acceptors (Lipinski definition) is 3. The van der Waals surface area contributed by atoms with Crippen molar-refractivity contribution >= 4 is 28.8 Å². The highest BCUT2D eigenvalue weighted by Gasteiger charge is 2.22. The number of aliphatic imine (C=N–C) groups is 2. The monoisotopic (exact) mass is 325 g/mol. The first kappa shape index (κ1) is 15.8. The molecule has 1 atom stereocenters. The van der Waals surface area contributed by atoms with Crippen LogP contribution in [0.15, 0.2) is 58.5 Å². The number of rotatable bonds is 3. The zero-order chi connectivity index (χ0) is 16.4. The van der Waals surface area contributed by atoms with Crippen LogP contribution in [0, 0.1) is 5.92 Å². The summed E-state index contributed by atoms with van der Waals surface area (Å²) in [6.07, 6.45) is 0.868. The maximum absolute atomic E-state index is 6.23. The third-order valence-corrected chi connectivity index (χ3v) is 4.07. The van der Waals surface area contributed by atoms with Gasteiger partial charge in [0.25, 0.3) is 0 Å². The fourth-order valence-electron chi connectivity index (χ4n) is 2.75. The highest BCUT2D eigenvalue weighted by Crippen LogP contribution is 2.30. The average Bonchev–Trinajstić information content (AvgIpc) is 2.65. The molecule has 0 saturated heterocycles. The van der Waals surface area contributed by atoms with Gasteiger partial charge in [-0.2, -0.15) is 0 Å². The zero-order valence-corrected chi connectivity index (χ0v) is 14.1. The van der Waals surface area contributed by atoms with Gasteiger partial charge < -0.3 is 5.73 Å². The van der Waals surface area contributed by atoms with Crippen LogP contribution in [0.4, 0.5) is 5.69 Å². The number of hydrogen-bond donors (Lipinski definition) is 1. The minimum absolute atomic E-state index is 0.114. The Hall–Kier alpha value is -2.13.